The van der Waals surface area contributed by atoms with Crippen molar-refractivity contribution in [2.75, 3.05) is 31.9 Å². The lowest BCUT2D eigenvalue weighted by molar-refractivity contribution is 0.165. The van der Waals surface area contributed by atoms with Crippen LogP contribution in [0.1, 0.15) is 31.4 Å². The lowest BCUT2D eigenvalue weighted by Gasteiger charge is -2.35. The van der Waals surface area contributed by atoms with Crippen molar-refractivity contribution < 1.29 is 0 Å². The van der Waals surface area contributed by atoms with Gasteiger partial charge < -0.3 is 11.1 Å². The molecule has 18 heavy (non-hydrogen) atoms. The van der Waals surface area contributed by atoms with Crippen molar-refractivity contribution in [1.82, 2.24) is 10.2 Å². The minimum atomic E-state index is 0.399. The number of nitrogens with two attached hydrogens (primary N) is 1. The second kappa shape index (κ2) is 6.41. The SMILES string of the molecule is CCC[C@H](c1cc(Cl)ccc1N)N1CCNCC1. The number of anilines is 1. The Morgan fingerprint density at radius 1 is 1.39 bits per heavy atom. The molecule has 0 saturated carbocycles. The molecule has 3 nitrogen and oxygen atoms in total. The molecule has 0 bridgehead atoms. The van der Waals surface area contributed by atoms with E-state index in [9.17, 15) is 0 Å². The Kier molecular flexibility index (Phi) is 4.87. The van der Waals surface area contributed by atoms with Crippen LogP contribution in [0.15, 0.2) is 18.2 Å². The number of hydrogen-bond donors (Lipinski definition) is 2. The topological polar surface area (TPSA) is 41.3 Å². The van der Waals surface area contributed by atoms with Crippen molar-refractivity contribution >= 4 is 17.3 Å². The zero-order valence-electron chi connectivity index (χ0n) is 11.0. The number of nitrogens with one attached hydrogen (secondary N) is 1. The van der Waals surface area contributed by atoms with Gasteiger partial charge in [-0.3, -0.25) is 4.90 Å². The predicted molar refractivity (Wildman–Crippen MR) is 78.0 cm³/mol. The Bertz CT molecular complexity index is 389. The normalized spacial score (nSPS) is 18.8. The van der Waals surface area contributed by atoms with Crippen LogP contribution in [-0.4, -0.2) is 31.1 Å². The zero-order chi connectivity index (χ0) is 13.0. The van der Waals surface area contributed by atoms with Gasteiger partial charge in [-0.2, -0.15) is 0 Å². The largest absolute Gasteiger partial charge is 0.398 e. The molecule has 1 saturated heterocycles. The van der Waals surface area contributed by atoms with E-state index >= 15 is 0 Å². The zero-order valence-corrected chi connectivity index (χ0v) is 11.7. The van der Waals surface area contributed by atoms with Gasteiger partial charge >= 0.3 is 0 Å². The summed E-state index contributed by atoms with van der Waals surface area (Å²) in [6.07, 6.45) is 2.28. The molecule has 100 valence electrons. The van der Waals surface area contributed by atoms with Gasteiger partial charge in [0, 0.05) is 42.9 Å². The maximum Gasteiger partial charge on any atom is 0.0410 e. The monoisotopic (exact) mass is 267 g/mol. The smallest absolute Gasteiger partial charge is 0.0410 e. The van der Waals surface area contributed by atoms with Crippen molar-refractivity contribution in [3.63, 3.8) is 0 Å². The fourth-order valence-corrected chi connectivity index (χ4v) is 2.82. The summed E-state index contributed by atoms with van der Waals surface area (Å²) in [6.45, 7) is 6.49. The molecule has 0 aliphatic carbocycles. The molecule has 3 N–H and O–H groups in total. The van der Waals surface area contributed by atoms with Crippen LogP contribution in [0.3, 0.4) is 0 Å². The lowest BCUT2D eigenvalue weighted by atomic mass is 9.98. The molecule has 0 spiro atoms. The van der Waals surface area contributed by atoms with Gasteiger partial charge in [0.2, 0.25) is 0 Å². The van der Waals surface area contributed by atoms with Gasteiger partial charge in [-0.15, -0.1) is 0 Å². The summed E-state index contributed by atoms with van der Waals surface area (Å²) < 4.78 is 0. The maximum atomic E-state index is 6.13. The molecule has 1 aliphatic heterocycles. The highest BCUT2D eigenvalue weighted by molar-refractivity contribution is 6.30. The molecule has 1 aliphatic rings. The van der Waals surface area contributed by atoms with E-state index in [4.69, 9.17) is 17.3 Å². The Hall–Kier alpha value is -0.770. The van der Waals surface area contributed by atoms with Crippen LogP contribution < -0.4 is 11.1 Å². The number of hydrogen-bond acceptors (Lipinski definition) is 3. The molecule has 1 fully saturated rings. The Labute approximate surface area is 114 Å². The molecule has 4 heteroatoms. The third-order valence-corrected chi connectivity index (χ3v) is 3.80. The average Bonchev–Trinajstić information content (AvgIpc) is 2.40. The highest BCUT2D eigenvalue weighted by atomic mass is 35.5. The van der Waals surface area contributed by atoms with Crippen LogP contribution in [0.4, 0.5) is 5.69 Å². The van der Waals surface area contributed by atoms with Crippen LogP contribution >= 0.6 is 11.6 Å². The van der Waals surface area contributed by atoms with Crippen molar-refractivity contribution in [3.8, 4) is 0 Å². The first-order valence-corrected chi connectivity index (χ1v) is 7.10. The molecule has 1 heterocycles. The summed E-state index contributed by atoms with van der Waals surface area (Å²) in [5, 5.41) is 4.16. The van der Waals surface area contributed by atoms with Gasteiger partial charge in [0.15, 0.2) is 0 Å². The quantitative estimate of drug-likeness (QED) is 0.824. The van der Waals surface area contributed by atoms with Crippen LogP contribution in [0.25, 0.3) is 0 Å². The molecule has 0 unspecified atom stereocenters. The molecule has 2 rings (SSSR count). The van der Waals surface area contributed by atoms with Crippen LogP contribution in [-0.2, 0) is 0 Å². The molecule has 0 radical (unpaired) electrons. The Balaban J connectivity index is 2.24. The van der Waals surface area contributed by atoms with Crippen molar-refractivity contribution in [2.45, 2.75) is 25.8 Å². The Morgan fingerprint density at radius 2 is 2.11 bits per heavy atom. The highest BCUT2D eigenvalue weighted by Crippen LogP contribution is 2.32. The number of piperazine rings is 1. The van der Waals surface area contributed by atoms with E-state index in [0.717, 1.165) is 49.7 Å². The number of nitrogen functional groups attached to an aromatic ring is 1. The fourth-order valence-electron chi connectivity index (χ4n) is 2.64. The molecule has 1 atom stereocenters. The van der Waals surface area contributed by atoms with Crippen LogP contribution in [0, 0.1) is 0 Å². The lowest BCUT2D eigenvalue weighted by Crippen LogP contribution is -2.45. The van der Waals surface area contributed by atoms with Gasteiger partial charge in [0.25, 0.3) is 0 Å². The van der Waals surface area contributed by atoms with Crippen molar-refractivity contribution in [2.24, 2.45) is 0 Å². The second-order valence-electron chi connectivity index (χ2n) is 4.86. The van der Waals surface area contributed by atoms with Gasteiger partial charge in [-0.05, 0) is 30.2 Å². The van der Waals surface area contributed by atoms with Gasteiger partial charge in [0.05, 0.1) is 0 Å². The van der Waals surface area contributed by atoms with E-state index in [2.05, 4.69) is 17.1 Å². The predicted octanol–water partition coefficient (Wildman–Crippen LogP) is 2.67. The summed E-state index contributed by atoms with van der Waals surface area (Å²) in [6, 6.07) is 6.21. The maximum absolute atomic E-state index is 6.13. The second-order valence-corrected chi connectivity index (χ2v) is 5.30. The van der Waals surface area contributed by atoms with Crippen LogP contribution in [0.5, 0.6) is 0 Å². The molecule has 0 aromatic heterocycles. The molecule has 0 amide bonds. The van der Waals surface area contributed by atoms with E-state index < -0.39 is 0 Å². The third-order valence-electron chi connectivity index (χ3n) is 3.56. The van der Waals surface area contributed by atoms with E-state index in [1.807, 2.05) is 18.2 Å². The van der Waals surface area contributed by atoms with Crippen LogP contribution in [0.2, 0.25) is 5.02 Å². The minimum Gasteiger partial charge on any atom is -0.398 e. The third kappa shape index (κ3) is 3.16. The Morgan fingerprint density at radius 3 is 2.78 bits per heavy atom. The number of nitrogens with zero attached hydrogens (tertiary/aromatic N) is 1. The summed E-state index contributed by atoms with van der Waals surface area (Å²) in [5.74, 6) is 0. The first-order valence-electron chi connectivity index (χ1n) is 6.72. The van der Waals surface area contributed by atoms with E-state index in [-0.39, 0.29) is 0 Å². The molecular formula is C14H22ClN3. The number of benzene rings is 1. The first kappa shape index (κ1) is 13.7. The molecule has 1 aromatic carbocycles. The van der Waals surface area contributed by atoms with E-state index in [0.29, 0.717) is 6.04 Å². The summed E-state index contributed by atoms with van der Waals surface area (Å²) in [7, 11) is 0. The molecular weight excluding hydrogens is 246 g/mol. The highest BCUT2D eigenvalue weighted by Gasteiger charge is 2.23. The fraction of sp³-hybridized carbons (Fsp3) is 0.571. The number of halogens is 1. The number of rotatable bonds is 4. The van der Waals surface area contributed by atoms with Gasteiger partial charge in [0.1, 0.15) is 0 Å². The standard InChI is InChI=1S/C14H22ClN3/c1-2-3-14(18-8-6-17-7-9-18)12-10-11(15)4-5-13(12)16/h4-5,10,14,17H,2-3,6-9,16H2,1H3/t14-/m1/s1. The summed E-state index contributed by atoms with van der Waals surface area (Å²) in [5.41, 5.74) is 8.17. The average molecular weight is 268 g/mol. The summed E-state index contributed by atoms with van der Waals surface area (Å²) in [4.78, 5) is 2.52. The minimum absolute atomic E-state index is 0.399. The van der Waals surface area contributed by atoms with E-state index in [1.54, 1.807) is 0 Å². The van der Waals surface area contributed by atoms with Gasteiger partial charge in [-0.25, -0.2) is 0 Å². The first-order chi connectivity index (χ1) is 8.72. The summed E-state index contributed by atoms with van der Waals surface area (Å²) >= 11 is 6.11. The molecule has 1 aromatic rings. The van der Waals surface area contributed by atoms with E-state index in [1.165, 1.54) is 5.56 Å². The van der Waals surface area contributed by atoms with Gasteiger partial charge in [-0.1, -0.05) is 24.9 Å². The van der Waals surface area contributed by atoms with Crippen molar-refractivity contribution in [1.29, 1.82) is 0 Å². The van der Waals surface area contributed by atoms with Crippen molar-refractivity contribution in [3.05, 3.63) is 28.8 Å².